The Hall–Kier alpha value is -2.60. The highest BCUT2D eigenvalue weighted by Gasteiger charge is 2.13. The molecule has 0 atom stereocenters. The third kappa shape index (κ3) is 5.01. The lowest BCUT2D eigenvalue weighted by molar-refractivity contribution is -0.117. The molecule has 2 amide bonds. The first-order valence-electron chi connectivity index (χ1n) is 9.28. The van der Waals surface area contributed by atoms with Crippen LogP contribution in [0.1, 0.15) is 31.5 Å². The number of hydrogen-bond donors (Lipinski definition) is 3. The molecule has 2 aromatic carbocycles. The SMILES string of the molecule is Cc1[nH]c2ccc(Br)cc2c1CC(=O)Nc1ccc(NC(=O)CC(C)C)cc1. The summed E-state index contributed by atoms with van der Waals surface area (Å²) in [5, 5.41) is 6.83. The molecule has 0 aliphatic rings. The second kappa shape index (κ2) is 8.61. The second-order valence-corrected chi connectivity index (χ2v) is 8.28. The fourth-order valence-corrected chi connectivity index (χ4v) is 3.53. The van der Waals surface area contributed by atoms with Gasteiger partial charge >= 0.3 is 0 Å². The summed E-state index contributed by atoms with van der Waals surface area (Å²) in [5.74, 6) is 0.223. The number of anilines is 2. The Labute approximate surface area is 173 Å². The van der Waals surface area contributed by atoms with Crippen molar-refractivity contribution in [2.24, 2.45) is 5.92 Å². The molecule has 0 spiro atoms. The average molecular weight is 442 g/mol. The van der Waals surface area contributed by atoms with Crippen molar-refractivity contribution in [3.63, 3.8) is 0 Å². The number of halogens is 1. The van der Waals surface area contributed by atoms with Gasteiger partial charge in [0.05, 0.1) is 6.42 Å². The van der Waals surface area contributed by atoms with Crippen LogP contribution in [0.3, 0.4) is 0 Å². The van der Waals surface area contributed by atoms with Crippen molar-refractivity contribution < 1.29 is 9.59 Å². The summed E-state index contributed by atoms with van der Waals surface area (Å²) in [4.78, 5) is 27.7. The largest absolute Gasteiger partial charge is 0.358 e. The van der Waals surface area contributed by atoms with Gasteiger partial charge in [-0.1, -0.05) is 29.8 Å². The van der Waals surface area contributed by atoms with Crippen molar-refractivity contribution >= 4 is 50.0 Å². The predicted molar refractivity (Wildman–Crippen MR) is 118 cm³/mol. The lowest BCUT2D eigenvalue weighted by Crippen LogP contribution is -2.15. The van der Waals surface area contributed by atoms with E-state index in [2.05, 4.69) is 31.5 Å². The Bertz CT molecular complexity index is 1010. The highest BCUT2D eigenvalue weighted by atomic mass is 79.9. The molecule has 3 aromatic rings. The molecule has 6 heteroatoms. The molecule has 28 heavy (non-hydrogen) atoms. The molecule has 3 N–H and O–H groups in total. The molecule has 0 bridgehead atoms. The molecule has 0 saturated heterocycles. The van der Waals surface area contributed by atoms with Crippen molar-refractivity contribution in [3.05, 3.63) is 58.2 Å². The maximum absolute atomic E-state index is 12.5. The third-order valence-corrected chi connectivity index (χ3v) is 4.96. The minimum absolute atomic E-state index is 0.00671. The quantitative estimate of drug-likeness (QED) is 0.478. The van der Waals surface area contributed by atoms with Crippen LogP contribution in [0.25, 0.3) is 10.9 Å². The normalized spacial score (nSPS) is 11.0. The van der Waals surface area contributed by atoms with Gasteiger partial charge in [0.25, 0.3) is 0 Å². The molecular formula is C22H24BrN3O2. The Morgan fingerprint density at radius 3 is 2.21 bits per heavy atom. The number of hydrogen-bond acceptors (Lipinski definition) is 2. The fourth-order valence-electron chi connectivity index (χ4n) is 3.17. The van der Waals surface area contributed by atoms with Gasteiger partial charge in [-0.2, -0.15) is 0 Å². The highest BCUT2D eigenvalue weighted by molar-refractivity contribution is 9.10. The summed E-state index contributed by atoms with van der Waals surface area (Å²) >= 11 is 3.49. The van der Waals surface area contributed by atoms with Crippen LogP contribution in [0.4, 0.5) is 11.4 Å². The molecule has 0 fully saturated rings. The number of aromatic amines is 1. The summed E-state index contributed by atoms with van der Waals surface area (Å²) in [6.07, 6.45) is 0.772. The van der Waals surface area contributed by atoms with E-state index in [-0.39, 0.29) is 18.2 Å². The van der Waals surface area contributed by atoms with Crippen LogP contribution in [0, 0.1) is 12.8 Å². The zero-order valence-electron chi connectivity index (χ0n) is 16.2. The van der Waals surface area contributed by atoms with E-state index in [0.29, 0.717) is 18.0 Å². The number of rotatable bonds is 6. The summed E-state index contributed by atoms with van der Waals surface area (Å²) < 4.78 is 0.982. The van der Waals surface area contributed by atoms with Gasteiger partial charge in [0.15, 0.2) is 0 Å². The van der Waals surface area contributed by atoms with Gasteiger partial charge in [-0.25, -0.2) is 0 Å². The summed E-state index contributed by atoms with van der Waals surface area (Å²) in [7, 11) is 0. The standard InChI is InChI=1S/C22H24BrN3O2/c1-13(2)10-21(27)25-16-5-7-17(8-6-16)26-22(28)12-18-14(3)24-20-9-4-15(23)11-19(18)20/h4-9,11,13,24H,10,12H2,1-3H3,(H,25,27)(H,26,28). The van der Waals surface area contributed by atoms with E-state index in [9.17, 15) is 9.59 Å². The van der Waals surface area contributed by atoms with E-state index in [0.717, 1.165) is 32.3 Å². The summed E-state index contributed by atoms with van der Waals surface area (Å²) in [6.45, 7) is 5.99. The van der Waals surface area contributed by atoms with Crippen molar-refractivity contribution in [2.75, 3.05) is 10.6 Å². The van der Waals surface area contributed by atoms with E-state index in [1.807, 2.05) is 39.0 Å². The highest BCUT2D eigenvalue weighted by Crippen LogP contribution is 2.26. The number of H-pyrrole nitrogens is 1. The van der Waals surface area contributed by atoms with Gasteiger partial charge in [0, 0.05) is 38.9 Å². The molecule has 1 heterocycles. The van der Waals surface area contributed by atoms with E-state index >= 15 is 0 Å². The zero-order chi connectivity index (χ0) is 20.3. The van der Waals surface area contributed by atoms with Gasteiger partial charge in [-0.05, 0) is 60.9 Å². The van der Waals surface area contributed by atoms with Crippen LogP contribution in [-0.4, -0.2) is 16.8 Å². The molecule has 1 aromatic heterocycles. The van der Waals surface area contributed by atoms with Gasteiger partial charge in [-0.15, -0.1) is 0 Å². The van der Waals surface area contributed by atoms with Crippen LogP contribution in [0.15, 0.2) is 46.9 Å². The molecule has 0 saturated carbocycles. The van der Waals surface area contributed by atoms with E-state index < -0.39 is 0 Å². The van der Waals surface area contributed by atoms with Crippen molar-refractivity contribution in [1.82, 2.24) is 4.98 Å². The number of benzene rings is 2. The lowest BCUT2D eigenvalue weighted by Gasteiger charge is -2.09. The van der Waals surface area contributed by atoms with Crippen molar-refractivity contribution in [1.29, 1.82) is 0 Å². The van der Waals surface area contributed by atoms with Crippen LogP contribution < -0.4 is 10.6 Å². The molecule has 0 aliphatic carbocycles. The number of amides is 2. The van der Waals surface area contributed by atoms with E-state index in [1.54, 1.807) is 24.3 Å². The molecule has 0 aliphatic heterocycles. The first kappa shape index (κ1) is 20.1. The minimum Gasteiger partial charge on any atom is -0.358 e. The number of fused-ring (bicyclic) bond motifs is 1. The van der Waals surface area contributed by atoms with E-state index in [1.165, 1.54) is 0 Å². The molecule has 0 radical (unpaired) electrons. The monoisotopic (exact) mass is 441 g/mol. The van der Waals surface area contributed by atoms with Gasteiger partial charge < -0.3 is 15.6 Å². The van der Waals surface area contributed by atoms with Crippen molar-refractivity contribution in [2.45, 2.75) is 33.6 Å². The Morgan fingerprint density at radius 1 is 1.00 bits per heavy atom. The number of carbonyl (C=O) groups is 2. The average Bonchev–Trinajstić information content (AvgIpc) is 2.91. The summed E-state index contributed by atoms with van der Waals surface area (Å²) in [5.41, 5.74) is 4.43. The summed E-state index contributed by atoms with van der Waals surface area (Å²) in [6, 6.07) is 13.2. The molecule has 0 unspecified atom stereocenters. The maximum Gasteiger partial charge on any atom is 0.228 e. The molecule has 5 nitrogen and oxygen atoms in total. The number of nitrogens with one attached hydrogen (secondary N) is 3. The smallest absolute Gasteiger partial charge is 0.228 e. The van der Waals surface area contributed by atoms with E-state index in [4.69, 9.17) is 0 Å². The van der Waals surface area contributed by atoms with Crippen LogP contribution in [0.2, 0.25) is 0 Å². The van der Waals surface area contributed by atoms with Gasteiger partial charge in [0.1, 0.15) is 0 Å². The lowest BCUT2D eigenvalue weighted by atomic mass is 10.1. The number of aryl methyl sites for hydroxylation is 1. The Morgan fingerprint density at radius 2 is 1.61 bits per heavy atom. The zero-order valence-corrected chi connectivity index (χ0v) is 17.8. The van der Waals surface area contributed by atoms with Crippen LogP contribution >= 0.6 is 15.9 Å². The minimum atomic E-state index is -0.0828. The second-order valence-electron chi connectivity index (χ2n) is 7.37. The molecular weight excluding hydrogens is 418 g/mol. The Balaban J connectivity index is 1.65. The Kier molecular flexibility index (Phi) is 6.19. The van der Waals surface area contributed by atoms with Gasteiger partial charge in [0.2, 0.25) is 11.8 Å². The first-order chi connectivity index (χ1) is 13.3. The fraction of sp³-hybridized carbons (Fsp3) is 0.273. The van der Waals surface area contributed by atoms with Crippen LogP contribution in [-0.2, 0) is 16.0 Å². The van der Waals surface area contributed by atoms with Crippen LogP contribution in [0.5, 0.6) is 0 Å². The maximum atomic E-state index is 12.5. The number of aromatic nitrogens is 1. The molecule has 3 rings (SSSR count). The molecule has 146 valence electrons. The first-order valence-corrected chi connectivity index (χ1v) is 10.1. The van der Waals surface area contributed by atoms with Crippen molar-refractivity contribution in [3.8, 4) is 0 Å². The predicted octanol–water partition coefficient (Wildman–Crippen LogP) is 5.40. The topological polar surface area (TPSA) is 74.0 Å². The number of carbonyl (C=O) groups excluding carboxylic acids is 2. The van der Waals surface area contributed by atoms with Gasteiger partial charge in [-0.3, -0.25) is 9.59 Å². The third-order valence-electron chi connectivity index (χ3n) is 4.46.